The second-order valence-electron chi connectivity index (χ2n) is 20.9. The van der Waals surface area contributed by atoms with Crippen molar-refractivity contribution in [1.82, 2.24) is 55.2 Å². The molecule has 3 fully saturated rings. The van der Waals surface area contributed by atoms with Crippen LogP contribution in [-0.4, -0.2) is 266 Å². The van der Waals surface area contributed by atoms with Crippen LogP contribution in [0.25, 0.3) is 0 Å². The summed E-state index contributed by atoms with van der Waals surface area (Å²) in [6, 6.07) is -1.33. The third-order valence-electron chi connectivity index (χ3n) is 14.6. The summed E-state index contributed by atoms with van der Waals surface area (Å²) in [5.74, 6) is -8.03. The summed E-state index contributed by atoms with van der Waals surface area (Å²) < 4.78 is 45.7. The van der Waals surface area contributed by atoms with E-state index < -0.39 is 153 Å². The van der Waals surface area contributed by atoms with Gasteiger partial charge in [0.2, 0.25) is 5.91 Å². The molecule has 6 heterocycles. The minimum atomic E-state index is -2.37. The number of carbonyl (C=O) groups is 2. The summed E-state index contributed by atoms with van der Waals surface area (Å²) in [6.07, 6.45) is -12.5. The van der Waals surface area contributed by atoms with Crippen LogP contribution in [0.2, 0.25) is 0 Å². The van der Waals surface area contributed by atoms with E-state index in [2.05, 4.69) is 41.2 Å². The van der Waals surface area contributed by atoms with Crippen LogP contribution in [0.1, 0.15) is 71.0 Å². The Morgan fingerprint density at radius 1 is 0.633 bits per heavy atom. The molecule has 1 amide bonds. The number of aromatic nitrogens is 9. The normalized spacial score (nSPS) is 31.8. The van der Waals surface area contributed by atoms with Crippen molar-refractivity contribution in [2.75, 3.05) is 46.6 Å². The smallest absolute Gasteiger partial charge is 0.366 e. The highest BCUT2D eigenvalue weighted by Crippen LogP contribution is 2.39. The molecule has 6 rings (SSSR count). The summed E-state index contributed by atoms with van der Waals surface area (Å²) in [5.41, 5.74) is 1.04. The molecule has 18 atom stereocenters. The highest BCUT2D eigenvalue weighted by Gasteiger charge is 2.57. The van der Waals surface area contributed by atoms with Gasteiger partial charge >= 0.3 is 5.97 Å². The third kappa shape index (κ3) is 16.4. The highest BCUT2D eigenvalue weighted by atomic mass is 16.7. The van der Waals surface area contributed by atoms with Gasteiger partial charge in [-0.1, -0.05) is 29.5 Å². The van der Waals surface area contributed by atoms with E-state index in [1.54, 1.807) is 55.6 Å². The molecule has 3 aliphatic rings. The lowest BCUT2D eigenvalue weighted by atomic mass is 9.85. The van der Waals surface area contributed by atoms with Gasteiger partial charge in [0.05, 0.1) is 122 Å². The second-order valence-corrected chi connectivity index (χ2v) is 20.9. The zero-order chi connectivity index (χ0) is 58.0. The average Bonchev–Trinajstić information content (AvgIpc) is 4.23. The van der Waals surface area contributed by atoms with Crippen LogP contribution in [0, 0.1) is 11.8 Å². The molecule has 0 bridgehead atoms. The van der Waals surface area contributed by atoms with Gasteiger partial charge in [-0.2, -0.15) is 0 Å². The summed E-state index contributed by atoms with van der Waals surface area (Å²) in [5, 5.41) is 152. The van der Waals surface area contributed by atoms with Crippen molar-refractivity contribution in [3.63, 3.8) is 0 Å². The Hall–Kier alpha value is -4.40. The first-order chi connectivity index (χ1) is 37.4. The summed E-state index contributed by atoms with van der Waals surface area (Å²) >= 11 is 0. The highest BCUT2D eigenvalue weighted by molar-refractivity contribution is 5.78. The van der Waals surface area contributed by atoms with Gasteiger partial charge in [0, 0.05) is 57.7 Å². The Morgan fingerprint density at radius 2 is 1.01 bits per heavy atom. The largest absolute Gasteiger partial charge is 0.465 e. The molecular formula is C47H79N11O21. The van der Waals surface area contributed by atoms with Crippen molar-refractivity contribution >= 4 is 11.9 Å². The van der Waals surface area contributed by atoms with Crippen molar-refractivity contribution in [3.8, 4) is 0 Å². The Bertz CT molecular complexity index is 2270. The average molecular weight is 1130 g/mol. The van der Waals surface area contributed by atoms with Crippen LogP contribution in [0.4, 0.5) is 0 Å². The number of esters is 1. The number of aliphatic hydroxyl groups excluding tert-OH is 12. The van der Waals surface area contributed by atoms with Crippen molar-refractivity contribution in [2.24, 2.45) is 11.8 Å². The van der Waals surface area contributed by atoms with Crippen LogP contribution >= 0.6 is 0 Å². The number of hydrogen-bond donors (Lipinski definition) is 13. The van der Waals surface area contributed by atoms with Crippen LogP contribution in [0.3, 0.4) is 0 Å². The van der Waals surface area contributed by atoms with Gasteiger partial charge in [-0.3, -0.25) is 23.7 Å². The van der Waals surface area contributed by atoms with Crippen LogP contribution < -0.4 is 5.32 Å². The fraction of sp³-hybridized carbons (Fsp3) is 0.830. The van der Waals surface area contributed by atoms with E-state index in [9.17, 15) is 70.9 Å². The van der Waals surface area contributed by atoms with Gasteiger partial charge in [-0.05, 0) is 13.8 Å². The lowest BCUT2D eigenvalue weighted by Crippen LogP contribution is -2.68. The standard InChI is InChI=1S/C47H79N11O21/c1-25-31(63)13-45(4,77-41(25)38(69)34(66)19-59)74-22-28-16-56(52-49-28)10-7-55(8-11-57-17-29(50-53-57)23-75-46(5)14-32(64)26(2)42(78-46)39(70)35(67)20-60)9-12-58-18-30(51-54-58)24-76-47(44(72)73-6)15-33(65)37(48-27(3)62)43(79-47)40(71)36(68)21-61/h16-18,25-26,31-43,59-61,63-71H,7-15,19-24H2,1-6H3,(H,48,62)/t25-,26-,31-,32-,33-,34?,35?,36?,37-,38?,39?,40?,41?,42?,43?,45+,46+,47-/m1/s1. The summed E-state index contributed by atoms with van der Waals surface area (Å²) in [7, 11) is 1.05. The first-order valence-electron chi connectivity index (χ1n) is 26.0. The van der Waals surface area contributed by atoms with E-state index in [0.717, 1.165) is 14.0 Å². The zero-order valence-corrected chi connectivity index (χ0v) is 45.0. The Kier molecular flexibility index (Phi) is 22.6. The molecule has 3 aromatic heterocycles. The minimum absolute atomic E-state index is 0.0501. The molecule has 9 unspecified atom stereocenters. The van der Waals surface area contributed by atoms with E-state index in [1.165, 1.54) is 4.68 Å². The van der Waals surface area contributed by atoms with E-state index in [1.807, 2.05) is 0 Å². The number of amides is 1. The number of methoxy groups -OCH3 is 1. The molecule has 32 heteroatoms. The molecule has 32 nitrogen and oxygen atoms in total. The Labute approximate surface area is 454 Å². The lowest BCUT2D eigenvalue weighted by Gasteiger charge is -2.46. The van der Waals surface area contributed by atoms with Gasteiger partial charge in [-0.25, -0.2) is 4.79 Å². The Balaban J connectivity index is 1.12. The van der Waals surface area contributed by atoms with Gasteiger partial charge in [0.25, 0.3) is 5.79 Å². The van der Waals surface area contributed by atoms with Gasteiger partial charge in [-0.15, -0.1) is 15.3 Å². The van der Waals surface area contributed by atoms with Crippen molar-refractivity contribution in [3.05, 3.63) is 35.7 Å². The number of hydrogen-bond acceptors (Lipinski definition) is 28. The first-order valence-corrected chi connectivity index (χ1v) is 26.0. The fourth-order valence-electron chi connectivity index (χ4n) is 9.73. The van der Waals surface area contributed by atoms with E-state index in [4.69, 9.17) is 33.2 Å². The molecule has 3 saturated heterocycles. The van der Waals surface area contributed by atoms with Crippen molar-refractivity contribution in [1.29, 1.82) is 0 Å². The first kappa shape index (κ1) is 63.8. The molecule has 0 spiro atoms. The van der Waals surface area contributed by atoms with Gasteiger partial charge in [0.15, 0.2) is 11.6 Å². The number of ether oxygens (including phenoxy) is 7. The van der Waals surface area contributed by atoms with E-state index >= 15 is 0 Å². The molecule has 0 aliphatic carbocycles. The van der Waals surface area contributed by atoms with Crippen LogP contribution in [0.15, 0.2) is 18.6 Å². The lowest BCUT2D eigenvalue weighted by molar-refractivity contribution is -0.323. The predicted molar refractivity (Wildman–Crippen MR) is 262 cm³/mol. The maximum atomic E-state index is 13.3. The number of aliphatic hydroxyl groups is 12. The molecule has 0 radical (unpaired) electrons. The monoisotopic (exact) mass is 1130 g/mol. The predicted octanol–water partition coefficient (Wildman–Crippen LogP) is -6.62. The maximum absolute atomic E-state index is 13.3. The third-order valence-corrected chi connectivity index (χ3v) is 14.6. The topological polar surface area (TPSA) is 449 Å². The van der Waals surface area contributed by atoms with E-state index in [0.29, 0.717) is 44.1 Å². The number of carbonyl (C=O) groups excluding carboxylic acids is 2. The molecule has 448 valence electrons. The quantitative estimate of drug-likeness (QED) is 0.0287. The molecule has 3 aromatic rings. The van der Waals surface area contributed by atoms with Crippen LogP contribution in [-0.2, 0) is 82.2 Å². The summed E-state index contributed by atoms with van der Waals surface area (Å²) in [4.78, 5) is 27.3. The van der Waals surface area contributed by atoms with Crippen molar-refractivity contribution in [2.45, 2.75) is 190 Å². The minimum Gasteiger partial charge on any atom is -0.465 e. The molecule has 3 aliphatic heterocycles. The van der Waals surface area contributed by atoms with Gasteiger partial charge < -0.3 is 99.8 Å². The molecular weight excluding hydrogens is 1050 g/mol. The molecule has 0 saturated carbocycles. The SMILES string of the molecule is COC(=O)[C@@]1(OCc2cn(CCN(CCn3cc(CO[C@]4(C)C[C@@H](O)[C@@H](C)C(C(O)C(O)CO)O4)nn3)CCn3cc(CO[C@]4(C)C[C@@H](O)[C@@H](C)C(C(O)C(O)CO)O4)nn3)nn2)C[C@@H](O)[C@@H](NC(C)=O)C(C(O)C(O)CO)O1. The zero-order valence-electron chi connectivity index (χ0n) is 45.0. The number of nitrogens with zero attached hydrogens (tertiary/aromatic N) is 10. The molecule has 13 N–H and O–H groups in total. The number of nitrogens with one attached hydrogen (secondary N) is 1. The van der Waals surface area contributed by atoms with E-state index in [-0.39, 0.29) is 38.3 Å². The van der Waals surface area contributed by atoms with Crippen LogP contribution in [0.5, 0.6) is 0 Å². The van der Waals surface area contributed by atoms with Crippen molar-refractivity contribution < 1.29 is 104 Å². The fourth-order valence-corrected chi connectivity index (χ4v) is 9.73. The Morgan fingerprint density at radius 3 is 1.38 bits per heavy atom. The maximum Gasteiger partial charge on any atom is 0.366 e. The van der Waals surface area contributed by atoms with Gasteiger partial charge in [0.1, 0.15) is 59.8 Å². The molecule has 79 heavy (non-hydrogen) atoms. The summed E-state index contributed by atoms with van der Waals surface area (Å²) in [6.45, 7) is 6.74. The molecule has 0 aromatic carbocycles. The second kappa shape index (κ2) is 28.1. The number of rotatable bonds is 29.